The lowest BCUT2D eigenvalue weighted by Gasteiger charge is -2.29. The highest BCUT2D eigenvalue weighted by molar-refractivity contribution is 7.99. The van der Waals surface area contributed by atoms with E-state index in [-0.39, 0.29) is 0 Å². The second-order valence-electron chi connectivity index (χ2n) is 4.08. The third-order valence-corrected chi connectivity index (χ3v) is 3.97. The average molecular weight is 247 g/mol. The van der Waals surface area contributed by atoms with Gasteiger partial charge in [-0.1, -0.05) is 36.0 Å². The van der Waals surface area contributed by atoms with Crippen molar-refractivity contribution in [1.29, 1.82) is 0 Å². The molecule has 1 heterocycles. The van der Waals surface area contributed by atoms with Crippen molar-refractivity contribution in [2.75, 3.05) is 5.75 Å². The molecule has 0 spiro atoms. The topological polar surface area (TPSA) is 64.9 Å². The lowest BCUT2D eigenvalue weighted by atomic mass is 9.79. The first-order valence-electron chi connectivity index (χ1n) is 5.60. The molecule has 0 saturated carbocycles. The van der Waals surface area contributed by atoms with Crippen molar-refractivity contribution in [3.63, 3.8) is 0 Å². The van der Waals surface area contributed by atoms with Gasteiger partial charge in [-0.15, -0.1) is 10.2 Å². The SMILES string of the molecule is NCc1nnc(SCC2Cc3ccccc32)o1. The monoisotopic (exact) mass is 247 g/mol. The molecule has 1 aliphatic carbocycles. The van der Waals surface area contributed by atoms with Gasteiger partial charge in [0.15, 0.2) is 0 Å². The van der Waals surface area contributed by atoms with Crippen molar-refractivity contribution in [2.24, 2.45) is 5.73 Å². The van der Waals surface area contributed by atoms with E-state index in [4.69, 9.17) is 10.2 Å². The van der Waals surface area contributed by atoms with Crippen LogP contribution in [0.25, 0.3) is 0 Å². The molecule has 0 radical (unpaired) electrons. The fraction of sp³-hybridized carbons (Fsp3) is 0.333. The zero-order valence-electron chi connectivity index (χ0n) is 9.30. The van der Waals surface area contributed by atoms with Crippen LogP contribution in [0, 0.1) is 0 Å². The van der Waals surface area contributed by atoms with E-state index in [0.717, 1.165) is 12.2 Å². The molecule has 17 heavy (non-hydrogen) atoms. The Balaban J connectivity index is 1.60. The molecule has 5 heteroatoms. The average Bonchev–Trinajstić information content (AvgIpc) is 2.78. The molecule has 0 saturated heterocycles. The standard InChI is InChI=1S/C12H13N3OS/c13-6-11-14-15-12(16-11)17-7-9-5-8-3-1-2-4-10(8)9/h1-4,9H,5-7,13H2. The van der Waals surface area contributed by atoms with Crippen molar-refractivity contribution in [3.8, 4) is 0 Å². The lowest BCUT2D eigenvalue weighted by Crippen LogP contribution is -2.18. The smallest absolute Gasteiger partial charge is 0.276 e. The van der Waals surface area contributed by atoms with Gasteiger partial charge in [0, 0.05) is 5.75 Å². The van der Waals surface area contributed by atoms with E-state index in [1.807, 2.05) is 0 Å². The van der Waals surface area contributed by atoms with Gasteiger partial charge in [-0.2, -0.15) is 0 Å². The summed E-state index contributed by atoms with van der Waals surface area (Å²) in [6.45, 7) is 0.305. The number of hydrogen-bond donors (Lipinski definition) is 1. The molecule has 4 nitrogen and oxygen atoms in total. The van der Waals surface area contributed by atoms with Crippen molar-refractivity contribution in [1.82, 2.24) is 10.2 Å². The Bertz CT molecular complexity index is 526. The summed E-state index contributed by atoms with van der Waals surface area (Å²) in [5.74, 6) is 2.11. The number of nitrogens with two attached hydrogens (primary N) is 1. The highest BCUT2D eigenvalue weighted by Gasteiger charge is 2.25. The molecular weight excluding hydrogens is 234 g/mol. The van der Waals surface area contributed by atoms with Crippen LogP contribution in [0.3, 0.4) is 0 Å². The predicted octanol–water partition coefficient (Wildman–Crippen LogP) is 1.96. The number of aromatic nitrogens is 2. The maximum absolute atomic E-state index is 5.41. The molecule has 3 rings (SSSR count). The normalized spacial score (nSPS) is 17.6. The molecule has 88 valence electrons. The summed E-state index contributed by atoms with van der Waals surface area (Å²) in [6, 6.07) is 8.57. The van der Waals surface area contributed by atoms with Crippen LogP contribution in [-0.2, 0) is 13.0 Å². The maximum atomic E-state index is 5.41. The summed E-state index contributed by atoms with van der Waals surface area (Å²) in [5, 5.41) is 8.40. The van der Waals surface area contributed by atoms with Crippen LogP contribution in [-0.4, -0.2) is 16.0 Å². The predicted molar refractivity (Wildman–Crippen MR) is 65.8 cm³/mol. The van der Waals surface area contributed by atoms with Crippen LogP contribution in [0.2, 0.25) is 0 Å². The molecule has 1 atom stereocenters. The van der Waals surface area contributed by atoms with Gasteiger partial charge < -0.3 is 10.2 Å². The Hall–Kier alpha value is -1.33. The van der Waals surface area contributed by atoms with Gasteiger partial charge in [0.25, 0.3) is 5.22 Å². The summed E-state index contributed by atoms with van der Waals surface area (Å²) in [4.78, 5) is 0. The van der Waals surface area contributed by atoms with Crippen LogP contribution in [0.5, 0.6) is 0 Å². The molecule has 2 aromatic rings. The minimum atomic E-state index is 0.305. The molecule has 0 amide bonds. The summed E-state index contributed by atoms with van der Waals surface area (Å²) in [5.41, 5.74) is 8.34. The zero-order chi connectivity index (χ0) is 11.7. The third-order valence-electron chi connectivity index (χ3n) is 2.99. The van der Waals surface area contributed by atoms with Crippen molar-refractivity contribution in [2.45, 2.75) is 24.1 Å². The summed E-state index contributed by atoms with van der Waals surface area (Å²) in [6.07, 6.45) is 1.15. The van der Waals surface area contributed by atoms with Crippen molar-refractivity contribution >= 4 is 11.8 Å². The number of thioether (sulfide) groups is 1. The number of fused-ring (bicyclic) bond motifs is 1. The van der Waals surface area contributed by atoms with E-state index >= 15 is 0 Å². The fourth-order valence-corrected chi connectivity index (χ4v) is 2.96. The first kappa shape index (κ1) is 10.8. The van der Waals surface area contributed by atoms with Gasteiger partial charge in [-0.25, -0.2) is 0 Å². The number of nitrogens with zero attached hydrogens (tertiary/aromatic N) is 2. The molecule has 1 aromatic heterocycles. The Morgan fingerprint density at radius 2 is 2.24 bits per heavy atom. The first-order chi connectivity index (χ1) is 8.36. The van der Waals surface area contributed by atoms with Gasteiger partial charge >= 0.3 is 0 Å². The first-order valence-corrected chi connectivity index (χ1v) is 6.58. The van der Waals surface area contributed by atoms with Crippen LogP contribution in [0.1, 0.15) is 22.9 Å². The Kier molecular flexibility index (Phi) is 2.86. The van der Waals surface area contributed by atoms with Gasteiger partial charge in [0.1, 0.15) is 0 Å². The second kappa shape index (κ2) is 4.50. The maximum Gasteiger partial charge on any atom is 0.276 e. The van der Waals surface area contributed by atoms with E-state index in [1.165, 1.54) is 11.1 Å². The van der Waals surface area contributed by atoms with Gasteiger partial charge in [-0.05, 0) is 23.5 Å². The van der Waals surface area contributed by atoms with Crippen LogP contribution in [0.4, 0.5) is 0 Å². The molecule has 1 aromatic carbocycles. The number of benzene rings is 1. The van der Waals surface area contributed by atoms with E-state index in [2.05, 4.69) is 34.5 Å². The molecular formula is C12H13N3OS. The van der Waals surface area contributed by atoms with E-state index in [0.29, 0.717) is 23.6 Å². The number of rotatable bonds is 4. The Morgan fingerprint density at radius 1 is 1.35 bits per heavy atom. The molecule has 1 unspecified atom stereocenters. The Labute approximate surface area is 104 Å². The van der Waals surface area contributed by atoms with Crippen molar-refractivity contribution in [3.05, 3.63) is 41.3 Å². The molecule has 0 fully saturated rings. The van der Waals surface area contributed by atoms with Gasteiger partial charge in [-0.3, -0.25) is 0 Å². The molecule has 0 bridgehead atoms. The van der Waals surface area contributed by atoms with Gasteiger partial charge in [0.2, 0.25) is 5.89 Å². The zero-order valence-corrected chi connectivity index (χ0v) is 10.1. The summed E-state index contributed by atoms with van der Waals surface area (Å²) >= 11 is 1.61. The largest absolute Gasteiger partial charge is 0.415 e. The molecule has 0 aliphatic heterocycles. The molecule has 1 aliphatic rings. The van der Waals surface area contributed by atoms with E-state index in [1.54, 1.807) is 11.8 Å². The number of hydrogen-bond acceptors (Lipinski definition) is 5. The quantitative estimate of drug-likeness (QED) is 0.837. The minimum Gasteiger partial charge on any atom is -0.415 e. The van der Waals surface area contributed by atoms with Crippen LogP contribution in [0.15, 0.2) is 33.9 Å². The Morgan fingerprint density at radius 3 is 3.00 bits per heavy atom. The van der Waals surface area contributed by atoms with Gasteiger partial charge in [0.05, 0.1) is 6.54 Å². The summed E-state index contributed by atoms with van der Waals surface area (Å²) < 4.78 is 5.36. The van der Waals surface area contributed by atoms with Crippen LogP contribution < -0.4 is 5.73 Å². The van der Waals surface area contributed by atoms with Crippen molar-refractivity contribution < 1.29 is 4.42 Å². The lowest BCUT2D eigenvalue weighted by molar-refractivity contribution is 0.414. The van der Waals surface area contributed by atoms with E-state index < -0.39 is 0 Å². The molecule has 2 N–H and O–H groups in total. The second-order valence-corrected chi connectivity index (χ2v) is 5.05. The van der Waals surface area contributed by atoms with E-state index in [9.17, 15) is 0 Å². The fourth-order valence-electron chi connectivity index (χ4n) is 2.06. The van der Waals surface area contributed by atoms with Crippen LogP contribution >= 0.6 is 11.8 Å². The third kappa shape index (κ3) is 2.08. The summed E-state index contributed by atoms with van der Waals surface area (Å²) in [7, 11) is 0. The minimum absolute atomic E-state index is 0.305. The highest BCUT2D eigenvalue weighted by Crippen LogP contribution is 2.38. The highest BCUT2D eigenvalue weighted by atomic mass is 32.2.